The molecule has 2 aromatic heterocycles. The molecule has 0 saturated heterocycles. The van der Waals surface area contributed by atoms with Crippen LogP contribution in [-0.2, 0) is 0 Å². The van der Waals surface area contributed by atoms with Gasteiger partial charge in [0.2, 0.25) is 0 Å². The Kier molecular flexibility index (Phi) is 3.19. The van der Waals surface area contributed by atoms with Crippen molar-refractivity contribution in [2.45, 2.75) is 13.8 Å². The van der Waals surface area contributed by atoms with Gasteiger partial charge in [-0.1, -0.05) is 0 Å². The maximum atomic E-state index is 5.84. The van der Waals surface area contributed by atoms with E-state index in [0.717, 1.165) is 21.8 Å². The van der Waals surface area contributed by atoms with Crippen molar-refractivity contribution in [3.63, 3.8) is 0 Å². The first kappa shape index (κ1) is 11.7. The molecule has 0 saturated carbocycles. The van der Waals surface area contributed by atoms with Gasteiger partial charge in [0.05, 0.1) is 0 Å². The van der Waals surface area contributed by atoms with Crippen LogP contribution in [0.25, 0.3) is 10.6 Å². The Labute approximate surface area is 104 Å². The molecule has 0 aromatic carbocycles. The summed E-state index contributed by atoms with van der Waals surface area (Å²) in [4.78, 5) is 13.9. The normalized spacial score (nSPS) is 11.8. The van der Waals surface area contributed by atoms with Crippen molar-refractivity contribution in [3.8, 4) is 10.6 Å². The van der Waals surface area contributed by atoms with Gasteiger partial charge < -0.3 is 5.73 Å². The number of aryl methyl sites for hydroxylation is 2. The fraction of sp³-hybridized carbons (Fsp3) is 0.250. The second-order valence-electron chi connectivity index (χ2n) is 3.74. The van der Waals surface area contributed by atoms with Crippen molar-refractivity contribution < 1.29 is 0 Å². The molecular weight excluding hydrogens is 232 g/mol. The zero-order chi connectivity index (χ0) is 12.4. The number of pyridine rings is 1. The molecule has 0 aliphatic carbocycles. The lowest BCUT2D eigenvalue weighted by Gasteiger charge is -2.05. The topological polar surface area (TPSA) is 64.2 Å². The van der Waals surface area contributed by atoms with Gasteiger partial charge >= 0.3 is 0 Å². The number of hydrogen-bond donors (Lipinski definition) is 1. The van der Waals surface area contributed by atoms with Gasteiger partial charge in [0, 0.05) is 41.1 Å². The summed E-state index contributed by atoms with van der Waals surface area (Å²) in [6, 6.07) is 1.99. The highest BCUT2D eigenvalue weighted by molar-refractivity contribution is 7.14. The van der Waals surface area contributed by atoms with Gasteiger partial charge in [0.25, 0.3) is 0 Å². The fourth-order valence-corrected chi connectivity index (χ4v) is 2.26. The van der Waals surface area contributed by atoms with Crippen molar-refractivity contribution >= 4 is 17.2 Å². The minimum atomic E-state index is 0.505. The molecule has 17 heavy (non-hydrogen) atoms. The lowest BCUT2D eigenvalue weighted by molar-refractivity contribution is 1.18. The Hall–Kier alpha value is -1.75. The number of rotatable bonds is 2. The number of aliphatic imine (C=N–C) groups is 1. The molecule has 0 fully saturated rings. The van der Waals surface area contributed by atoms with Gasteiger partial charge in [-0.05, 0) is 19.9 Å². The van der Waals surface area contributed by atoms with E-state index in [-0.39, 0.29) is 0 Å². The third kappa shape index (κ3) is 2.34. The Balaban J connectivity index is 2.51. The van der Waals surface area contributed by atoms with Crippen LogP contribution in [0.2, 0.25) is 0 Å². The zero-order valence-corrected chi connectivity index (χ0v) is 10.9. The Bertz CT molecular complexity index is 572. The lowest BCUT2D eigenvalue weighted by atomic mass is 10.1. The number of nitrogens with zero attached hydrogens (tertiary/aromatic N) is 3. The van der Waals surface area contributed by atoms with Crippen molar-refractivity contribution in [2.24, 2.45) is 10.7 Å². The van der Waals surface area contributed by atoms with E-state index >= 15 is 0 Å². The molecule has 4 nitrogen and oxygen atoms in total. The molecule has 0 radical (unpaired) electrons. The summed E-state index contributed by atoms with van der Waals surface area (Å²) >= 11 is 1.64. The smallest absolute Gasteiger partial charge is 0.127 e. The van der Waals surface area contributed by atoms with Gasteiger partial charge in [-0.3, -0.25) is 9.98 Å². The van der Waals surface area contributed by atoms with Crippen LogP contribution in [0.4, 0.5) is 0 Å². The maximum Gasteiger partial charge on any atom is 0.127 e. The summed E-state index contributed by atoms with van der Waals surface area (Å²) in [7, 11) is 1.68. The monoisotopic (exact) mass is 246 g/mol. The van der Waals surface area contributed by atoms with Crippen molar-refractivity contribution in [3.05, 3.63) is 34.6 Å². The van der Waals surface area contributed by atoms with Gasteiger partial charge in [-0.15, -0.1) is 11.3 Å². The molecule has 0 unspecified atom stereocenters. The zero-order valence-electron chi connectivity index (χ0n) is 10.1. The number of aromatic nitrogens is 2. The van der Waals surface area contributed by atoms with Crippen LogP contribution in [0.1, 0.15) is 16.1 Å². The molecule has 2 rings (SSSR count). The second-order valence-corrected chi connectivity index (χ2v) is 4.98. The second kappa shape index (κ2) is 4.63. The first-order valence-corrected chi connectivity index (χ1v) is 6.05. The number of amidine groups is 1. The van der Waals surface area contributed by atoms with Crippen LogP contribution in [-0.4, -0.2) is 22.9 Å². The standard InChI is InChI=1S/C12H14N4S/c1-7-5-16-12(17-7)9-4-10(11(13)14-3)8(2)15-6-9/h4-6H,1-3H3,(H2,13,14). The average molecular weight is 246 g/mol. The molecule has 2 aromatic rings. The molecule has 88 valence electrons. The molecule has 0 bridgehead atoms. The SMILES string of the molecule is CN=C(N)c1cc(-c2ncc(C)s2)cnc1C. The van der Waals surface area contributed by atoms with Gasteiger partial charge in [-0.2, -0.15) is 0 Å². The molecule has 5 heteroatoms. The number of hydrogen-bond acceptors (Lipinski definition) is 4. The molecule has 2 heterocycles. The van der Waals surface area contributed by atoms with E-state index < -0.39 is 0 Å². The first-order valence-electron chi connectivity index (χ1n) is 5.24. The van der Waals surface area contributed by atoms with Crippen molar-refractivity contribution in [2.75, 3.05) is 7.05 Å². The summed E-state index contributed by atoms with van der Waals surface area (Å²) in [5.41, 5.74) is 8.57. The van der Waals surface area contributed by atoms with Gasteiger partial charge in [0.15, 0.2) is 0 Å². The number of nitrogens with two attached hydrogens (primary N) is 1. The Morgan fingerprint density at radius 3 is 2.65 bits per heavy atom. The molecule has 0 aliphatic heterocycles. The van der Waals surface area contributed by atoms with E-state index in [4.69, 9.17) is 5.73 Å². The summed E-state index contributed by atoms with van der Waals surface area (Å²) in [5, 5.41) is 0.958. The lowest BCUT2D eigenvalue weighted by Crippen LogP contribution is -2.15. The quantitative estimate of drug-likeness (QED) is 0.652. The summed E-state index contributed by atoms with van der Waals surface area (Å²) < 4.78 is 0. The van der Waals surface area contributed by atoms with Crippen molar-refractivity contribution in [1.29, 1.82) is 0 Å². The molecule has 0 aliphatic rings. The molecule has 2 N–H and O–H groups in total. The molecule has 0 amide bonds. The van der Waals surface area contributed by atoms with Crippen LogP contribution < -0.4 is 5.73 Å². The van der Waals surface area contributed by atoms with E-state index in [1.807, 2.05) is 32.3 Å². The minimum absolute atomic E-state index is 0.505. The van der Waals surface area contributed by atoms with Crippen LogP contribution in [0.15, 0.2) is 23.5 Å². The first-order chi connectivity index (χ1) is 8.11. The maximum absolute atomic E-state index is 5.84. The van der Waals surface area contributed by atoms with Crippen LogP contribution in [0.3, 0.4) is 0 Å². The largest absolute Gasteiger partial charge is 0.383 e. The molecule has 0 atom stereocenters. The predicted molar refractivity (Wildman–Crippen MR) is 71.5 cm³/mol. The molecular formula is C12H14N4S. The highest BCUT2D eigenvalue weighted by Gasteiger charge is 2.09. The average Bonchev–Trinajstić information content (AvgIpc) is 2.75. The Morgan fingerprint density at radius 2 is 2.06 bits per heavy atom. The number of thiazole rings is 1. The van der Waals surface area contributed by atoms with E-state index in [1.165, 1.54) is 4.88 Å². The third-order valence-corrected chi connectivity index (χ3v) is 3.43. The Morgan fingerprint density at radius 1 is 1.29 bits per heavy atom. The minimum Gasteiger partial charge on any atom is -0.383 e. The fourth-order valence-electron chi connectivity index (χ4n) is 1.52. The third-order valence-electron chi connectivity index (χ3n) is 2.47. The molecule has 0 spiro atoms. The van der Waals surface area contributed by atoms with Gasteiger partial charge in [0.1, 0.15) is 10.8 Å². The van der Waals surface area contributed by atoms with Crippen LogP contribution in [0.5, 0.6) is 0 Å². The highest BCUT2D eigenvalue weighted by Crippen LogP contribution is 2.25. The van der Waals surface area contributed by atoms with E-state index in [0.29, 0.717) is 5.84 Å². The summed E-state index contributed by atoms with van der Waals surface area (Å²) in [5.74, 6) is 0.505. The summed E-state index contributed by atoms with van der Waals surface area (Å²) in [6.07, 6.45) is 3.68. The van der Waals surface area contributed by atoms with E-state index in [2.05, 4.69) is 15.0 Å². The van der Waals surface area contributed by atoms with Crippen molar-refractivity contribution in [1.82, 2.24) is 9.97 Å². The van der Waals surface area contributed by atoms with E-state index in [9.17, 15) is 0 Å². The van der Waals surface area contributed by atoms with Crippen LogP contribution >= 0.6 is 11.3 Å². The van der Waals surface area contributed by atoms with Gasteiger partial charge in [-0.25, -0.2) is 4.98 Å². The highest BCUT2D eigenvalue weighted by atomic mass is 32.1. The predicted octanol–water partition coefficient (Wildman–Crippen LogP) is 2.16. The van der Waals surface area contributed by atoms with E-state index in [1.54, 1.807) is 18.4 Å². The van der Waals surface area contributed by atoms with Crippen LogP contribution in [0, 0.1) is 13.8 Å². The summed E-state index contributed by atoms with van der Waals surface area (Å²) in [6.45, 7) is 3.95.